The van der Waals surface area contributed by atoms with Gasteiger partial charge < -0.3 is 10.1 Å². The number of nitrogens with one attached hydrogen (secondary N) is 1. The summed E-state index contributed by atoms with van der Waals surface area (Å²) >= 11 is 0. The highest BCUT2D eigenvalue weighted by molar-refractivity contribution is 5.88. The van der Waals surface area contributed by atoms with Crippen molar-refractivity contribution in [3.63, 3.8) is 0 Å². The Morgan fingerprint density at radius 1 is 1.25 bits per heavy atom. The third-order valence-electron chi connectivity index (χ3n) is 2.86. The topological polar surface area (TPSA) is 51.2 Å². The SMILES string of the molecule is Cc1ccc(CNCCOC(=O)c2cccnc2)cc1. The van der Waals surface area contributed by atoms with Crippen LogP contribution in [0.1, 0.15) is 21.5 Å². The number of benzene rings is 1. The quantitative estimate of drug-likeness (QED) is 0.646. The Bertz CT molecular complexity index is 538. The van der Waals surface area contributed by atoms with Crippen LogP contribution in [0.2, 0.25) is 0 Å². The van der Waals surface area contributed by atoms with E-state index in [-0.39, 0.29) is 5.97 Å². The van der Waals surface area contributed by atoms with Crippen LogP contribution in [0.5, 0.6) is 0 Å². The lowest BCUT2D eigenvalue weighted by molar-refractivity contribution is 0.0508. The summed E-state index contributed by atoms with van der Waals surface area (Å²) in [6, 6.07) is 11.7. The second kappa shape index (κ2) is 7.40. The average molecular weight is 270 g/mol. The van der Waals surface area contributed by atoms with Crippen LogP contribution >= 0.6 is 0 Å². The molecule has 2 aromatic rings. The van der Waals surface area contributed by atoms with Gasteiger partial charge in [-0.25, -0.2) is 4.79 Å². The molecule has 0 aliphatic rings. The fourth-order valence-electron chi connectivity index (χ4n) is 1.72. The van der Waals surface area contributed by atoms with Crippen LogP contribution in [0, 0.1) is 6.92 Å². The maximum absolute atomic E-state index is 11.6. The zero-order valence-electron chi connectivity index (χ0n) is 11.5. The first-order valence-electron chi connectivity index (χ1n) is 6.59. The average Bonchev–Trinajstić information content (AvgIpc) is 2.49. The molecule has 0 saturated carbocycles. The molecule has 1 aromatic heterocycles. The lowest BCUT2D eigenvalue weighted by Gasteiger charge is -2.06. The number of rotatable bonds is 6. The van der Waals surface area contributed by atoms with Crippen molar-refractivity contribution in [2.24, 2.45) is 0 Å². The molecule has 2 rings (SSSR count). The van der Waals surface area contributed by atoms with Crippen molar-refractivity contribution in [1.29, 1.82) is 0 Å². The number of aromatic nitrogens is 1. The van der Waals surface area contributed by atoms with Crippen molar-refractivity contribution in [2.75, 3.05) is 13.2 Å². The van der Waals surface area contributed by atoms with E-state index in [0.717, 1.165) is 6.54 Å². The van der Waals surface area contributed by atoms with Gasteiger partial charge in [0.15, 0.2) is 0 Å². The van der Waals surface area contributed by atoms with Gasteiger partial charge in [-0.05, 0) is 24.6 Å². The summed E-state index contributed by atoms with van der Waals surface area (Å²) in [7, 11) is 0. The summed E-state index contributed by atoms with van der Waals surface area (Å²) in [6.45, 7) is 3.80. The van der Waals surface area contributed by atoms with Crippen LogP contribution in [0.25, 0.3) is 0 Å². The summed E-state index contributed by atoms with van der Waals surface area (Å²) in [5.41, 5.74) is 2.94. The first-order valence-corrected chi connectivity index (χ1v) is 6.59. The normalized spacial score (nSPS) is 10.2. The Morgan fingerprint density at radius 2 is 2.05 bits per heavy atom. The summed E-state index contributed by atoms with van der Waals surface area (Å²) in [6.07, 6.45) is 3.13. The van der Waals surface area contributed by atoms with Crippen LogP contribution in [0.3, 0.4) is 0 Å². The monoisotopic (exact) mass is 270 g/mol. The molecule has 1 heterocycles. The number of esters is 1. The molecule has 0 aliphatic carbocycles. The third kappa shape index (κ3) is 4.48. The summed E-state index contributed by atoms with van der Waals surface area (Å²) < 4.78 is 5.14. The van der Waals surface area contributed by atoms with Gasteiger partial charge in [0, 0.05) is 25.5 Å². The standard InChI is InChI=1S/C16H18N2O2/c1-13-4-6-14(7-5-13)11-18-9-10-20-16(19)15-3-2-8-17-12-15/h2-8,12,18H,9-11H2,1H3. The molecule has 20 heavy (non-hydrogen) atoms. The minimum atomic E-state index is -0.338. The van der Waals surface area contributed by atoms with E-state index < -0.39 is 0 Å². The number of hydrogen-bond acceptors (Lipinski definition) is 4. The lowest BCUT2D eigenvalue weighted by Crippen LogP contribution is -2.21. The molecule has 1 N–H and O–H groups in total. The minimum Gasteiger partial charge on any atom is -0.461 e. The Balaban J connectivity index is 1.64. The van der Waals surface area contributed by atoms with Gasteiger partial charge in [0.05, 0.1) is 5.56 Å². The molecule has 4 nitrogen and oxygen atoms in total. The van der Waals surface area contributed by atoms with E-state index in [9.17, 15) is 4.79 Å². The maximum Gasteiger partial charge on any atom is 0.339 e. The number of hydrogen-bond donors (Lipinski definition) is 1. The van der Waals surface area contributed by atoms with Gasteiger partial charge in [-0.3, -0.25) is 4.98 Å². The maximum atomic E-state index is 11.6. The van der Waals surface area contributed by atoms with Gasteiger partial charge >= 0.3 is 5.97 Å². The highest BCUT2D eigenvalue weighted by Gasteiger charge is 2.05. The molecule has 104 valence electrons. The number of pyridine rings is 1. The third-order valence-corrected chi connectivity index (χ3v) is 2.86. The summed E-state index contributed by atoms with van der Waals surface area (Å²) in [5.74, 6) is -0.338. The van der Waals surface area contributed by atoms with Gasteiger partial charge in [0.1, 0.15) is 6.61 Å². The highest BCUT2D eigenvalue weighted by Crippen LogP contribution is 2.02. The van der Waals surface area contributed by atoms with E-state index in [4.69, 9.17) is 4.74 Å². The van der Waals surface area contributed by atoms with Crippen LogP contribution in [0.4, 0.5) is 0 Å². The molecule has 0 spiro atoms. The van der Waals surface area contributed by atoms with Crippen LogP contribution in [-0.2, 0) is 11.3 Å². The van der Waals surface area contributed by atoms with Crippen molar-refractivity contribution in [3.8, 4) is 0 Å². The van der Waals surface area contributed by atoms with E-state index in [1.54, 1.807) is 18.3 Å². The van der Waals surface area contributed by atoms with Crippen LogP contribution in [0.15, 0.2) is 48.8 Å². The molecule has 0 saturated heterocycles. The number of ether oxygens (including phenoxy) is 1. The van der Waals surface area contributed by atoms with E-state index in [1.165, 1.54) is 17.3 Å². The fourth-order valence-corrected chi connectivity index (χ4v) is 1.72. The molecular formula is C16H18N2O2. The Labute approximate surface area is 118 Å². The van der Waals surface area contributed by atoms with Gasteiger partial charge in [-0.2, -0.15) is 0 Å². The van der Waals surface area contributed by atoms with Crippen LogP contribution in [-0.4, -0.2) is 24.1 Å². The lowest BCUT2D eigenvalue weighted by atomic mass is 10.1. The second-order valence-corrected chi connectivity index (χ2v) is 4.54. The first kappa shape index (κ1) is 14.2. The number of nitrogens with zero attached hydrogens (tertiary/aromatic N) is 1. The summed E-state index contributed by atoms with van der Waals surface area (Å²) in [4.78, 5) is 15.5. The minimum absolute atomic E-state index is 0.338. The smallest absolute Gasteiger partial charge is 0.339 e. The molecule has 1 aromatic carbocycles. The van der Waals surface area contributed by atoms with Crippen LogP contribution < -0.4 is 5.32 Å². The summed E-state index contributed by atoms with van der Waals surface area (Å²) in [5, 5.41) is 3.24. The Kier molecular flexibility index (Phi) is 5.26. The van der Waals surface area contributed by atoms with Gasteiger partial charge in [0.2, 0.25) is 0 Å². The molecule has 0 bridgehead atoms. The fraction of sp³-hybridized carbons (Fsp3) is 0.250. The van der Waals surface area contributed by atoms with Crippen molar-refractivity contribution in [2.45, 2.75) is 13.5 Å². The second-order valence-electron chi connectivity index (χ2n) is 4.54. The number of carbonyl (C=O) groups is 1. The molecule has 0 radical (unpaired) electrons. The van der Waals surface area contributed by atoms with E-state index in [2.05, 4.69) is 41.5 Å². The highest BCUT2D eigenvalue weighted by atomic mass is 16.5. The molecule has 0 aliphatic heterocycles. The van der Waals surface area contributed by atoms with Gasteiger partial charge in [0.25, 0.3) is 0 Å². The molecule has 4 heteroatoms. The van der Waals surface area contributed by atoms with Gasteiger partial charge in [-0.15, -0.1) is 0 Å². The molecule has 0 unspecified atom stereocenters. The predicted molar refractivity (Wildman–Crippen MR) is 77.4 cm³/mol. The Hall–Kier alpha value is -2.20. The van der Waals surface area contributed by atoms with Crippen molar-refractivity contribution >= 4 is 5.97 Å². The van der Waals surface area contributed by atoms with Crippen molar-refractivity contribution in [1.82, 2.24) is 10.3 Å². The zero-order chi connectivity index (χ0) is 14.2. The van der Waals surface area contributed by atoms with E-state index in [0.29, 0.717) is 18.7 Å². The largest absolute Gasteiger partial charge is 0.461 e. The molecule has 0 amide bonds. The van der Waals surface area contributed by atoms with Crippen molar-refractivity contribution < 1.29 is 9.53 Å². The Morgan fingerprint density at radius 3 is 2.75 bits per heavy atom. The first-order chi connectivity index (χ1) is 9.75. The number of aryl methyl sites for hydroxylation is 1. The van der Waals surface area contributed by atoms with Gasteiger partial charge in [-0.1, -0.05) is 29.8 Å². The predicted octanol–water partition coefficient (Wildman–Crippen LogP) is 2.34. The van der Waals surface area contributed by atoms with E-state index >= 15 is 0 Å². The number of carbonyl (C=O) groups excluding carboxylic acids is 1. The molecule has 0 atom stereocenters. The molecular weight excluding hydrogens is 252 g/mol. The molecule has 0 fully saturated rings. The van der Waals surface area contributed by atoms with Crippen molar-refractivity contribution in [3.05, 3.63) is 65.5 Å². The zero-order valence-corrected chi connectivity index (χ0v) is 11.5. The van der Waals surface area contributed by atoms with E-state index in [1.807, 2.05) is 0 Å².